The van der Waals surface area contributed by atoms with Gasteiger partial charge in [-0.1, -0.05) is 48.5 Å². The van der Waals surface area contributed by atoms with Crippen LogP contribution >= 0.6 is 0 Å². The molecule has 0 bridgehead atoms. The van der Waals surface area contributed by atoms with E-state index in [1.807, 2.05) is 0 Å². The topological polar surface area (TPSA) is 0 Å². The highest BCUT2D eigenvalue weighted by atomic mass is 14.7. The van der Waals surface area contributed by atoms with Gasteiger partial charge in [-0.2, -0.15) is 0 Å². The molecule has 2 fully saturated rings. The van der Waals surface area contributed by atoms with Crippen molar-refractivity contribution >= 4 is 0 Å². The Bertz CT molecular complexity index is 749. The van der Waals surface area contributed by atoms with E-state index in [0.29, 0.717) is 0 Å². The van der Waals surface area contributed by atoms with Crippen LogP contribution in [0.1, 0.15) is 22.3 Å². The fraction of sp³-hybridized carbons (Fsp3) is 0.0833. The molecule has 0 spiro atoms. The van der Waals surface area contributed by atoms with Crippen LogP contribution in [0.3, 0.4) is 0 Å². The lowest BCUT2D eigenvalue weighted by Gasteiger charge is -2.70. The van der Waals surface area contributed by atoms with Crippen LogP contribution in [0.5, 0.6) is 0 Å². The molecule has 0 nitrogen and oxygen atoms in total. The van der Waals surface area contributed by atoms with Gasteiger partial charge in [0.05, 0.1) is 0 Å². The minimum atomic E-state index is -0.0662. The molecule has 10 radical (unpaired) electrons. The van der Waals surface area contributed by atoms with E-state index in [0.717, 1.165) is 0 Å². The Kier molecular flexibility index (Phi) is 2.59. The predicted octanol–water partition coefficient (Wildman–Crippen LogP) is 4.40. The van der Waals surface area contributed by atoms with Gasteiger partial charge in [0.15, 0.2) is 0 Å². The first-order valence-corrected chi connectivity index (χ1v) is 8.56. The molecule has 0 amide bonds. The molecular formula is C24H16. The smallest absolute Gasteiger partial charge is 0.0208 e. The molecule has 4 aliphatic carbocycles. The Balaban J connectivity index is 1.62. The van der Waals surface area contributed by atoms with E-state index in [9.17, 15) is 0 Å². The molecule has 2 atom stereocenters. The minimum Gasteiger partial charge on any atom is -0.0620 e. The molecule has 2 aromatic rings. The molecule has 6 rings (SSSR count). The first-order chi connectivity index (χ1) is 11.9. The van der Waals surface area contributed by atoms with Crippen LogP contribution in [0.25, 0.3) is 0 Å². The number of hydrogen-bond acceptors (Lipinski definition) is 0. The molecule has 0 aliphatic heterocycles. The second-order valence-corrected chi connectivity index (χ2v) is 6.97. The van der Waals surface area contributed by atoms with Crippen LogP contribution < -0.4 is 0 Å². The van der Waals surface area contributed by atoms with Crippen molar-refractivity contribution in [2.75, 3.05) is 0 Å². The summed E-state index contributed by atoms with van der Waals surface area (Å²) >= 11 is 0. The summed E-state index contributed by atoms with van der Waals surface area (Å²) in [4.78, 5) is 0. The highest BCUT2D eigenvalue weighted by Gasteiger charge is 2.71. The predicted molar refractivity (Wildman–Crippen MR) is 95.3 cm³/mol. The maximum absolute atomic E-state index is 2.42. The molecule has 0 saturated heterocycles. The van der Waals surface area contributed by atoms with E-state index >= 15 is 0 Å². The summed E-state index contributed by atoms with van der Waals surface area (Å²) in [6.45, 7) is 0. The molecule has 2 unspecified atom stereocenters. The molecule has 2 saturated carbocycles. The molecule has 112 valence electrons. The van der Waals surface area contributed by atoms with E-state index in [1.165, 1.54) is 34.1 Å². The van der Waals surface area contributed by atoms with Gasteiger partial charge in [0, 0.05) is 22.7 Å². The lowest BCUT2D eigenvalue weighted by atomic mass is 9.31. The third-order valence-electron chi connectivity index (χ3n) is 6.20. The Labute approximate surface area is 145 Å². The lowest BCUT2D eigenvalue weighted by molar-refractivity contribution is 0.271. The third kappa shape index (κ3) is 1.29. The van der Waals surface area contributed by atoms with Gasteiger partial charge in [-0.05, 0) is 73.6 Å². The largest absolute Gasteiger partial charge is 0.0620 e. The summed E-state index contributed by atoms with van der Waals surface area (Å²) in [5.74, 6) is 2.90. The molecule has 24 heavy (non-hydrogen) atoms. The SMILES string of the molecule is [CH]1[CH][CH]C2(C34[CH][CH][CH][CH][C]3c3ccccc34)[C]([CH]1)c1ccccc12. The molecule has 0 heteroatoms. The van der Waals surface area contributed by atoms with Crippen molar-refractivity contribution in [3.63, 3.8) is 0 Å². The Hall–Kier alpha value is -1.56. The van der Waals surface area contributed by atoms with Crippen molar-refractivity contribution in [1.82, 2.24) is 0 Å². The zero-order valence-electron chi connectivity index (χ0n) is 13.2. The Morgan fingerprint density at radius 2 is 0.958 bits per heavy atom. The van der Waals surface area contributed by atoms with Gasteiger partial charge in [0.1, 0.15) is 0 Å². The van der Waals surface area contributed by atoms with Crippen molar-refractivity contribution in [2.45, 2.75) is 10.8 Å². The second kappa shape index (κ2) is 4.54. The zero-order chi connectivity index (χ0) is 15.8. The van der Waals surface area contributed by atoms with Gasteiger partial charge in [0.25, 0.3) is 0 Å². The van der Waals surface area contributed by atoms with E-state index in [1.54, 1.807) is 0 Å². The number of hydrogen-bond donors (Lipinski definition) is 0. The van der Waals surface area contributed by atoms with Crippen LogP contribution in [0, 0.1) is 63.2 Å². The number of fused-ring (bicyclic) bond motifs is 9. The maximum Gasteiger partial charge on any atom is 0.0208 e. The molecule has 4 aliphatic rings. The Morgan fingerprint density at radius 3 is 1.46 bits per heavy atom. The molecule has 2 aromatic carbocycles. The van der Waals surface area contributed by atoms with Crippen molar-refractivity contribution in [3.05, 3.63) is 134 Å². The van der Waals surface area contributed by atoms with Crippen molar-refractivity contribution in [2.24, 2.45) is 0 Å². The van der Waals surface area contributed by atoms with Crippen molar-refractivity contribution in [1.29, 1.82) is 0 Å². The van der Waals surface area contributed by atoms with E-state index < -0.39 is 0 Å². The normalized spacial score (nSPS) is 34.2. The van der Waals surface area contributed by atoms with E-state index in [2.05, 4.69) is 99.9 Å². The minimum absolute atomic E-state index is 0.0662. The number of benzene rings is 2. The van der Waals surface area contributed by atoms with E-state index in [-0.39, 0.29) is 10.8 Å². The second-order valence-electron chi connectivity index (χ2n) is 6.97. The number of rotatable bonds is 1. The summed E-state index contributed by atoms with van der Waals surface area (Å²) in [7, 11) is 0. The molecule has 0 N–H and O–H groups in total. The summed E-state index contributed by atoms with van der Waals surface area (Å²) in [5, 5.41) is 0. The quantitative estimate of drug-likeness (QED) is 0.732. The van der Waals surface area contributed by atoms with Crippen LogP contribution in [0.4, 0.5) is 0 Å². The first kappa shape index (κ1) is 13.7. The summed E-state index contributed by atoms with van der Waals surface area (Å²) in [5.41, 5.74) is 5.57. The molecular weight excluding hydrogens is 288 g/mol. The van der Waals surface area contributed by atoms with Gasteiger partial charge in [-0.3, -0.25) is 0 Å². The van der Waals surface area contributed by atoms with Crippen LogP contribution in [0.2, 0.25) is 0 Å². The average molecular weight is 304 g/mol. The van der Waals surface area contributed by atoms with E-state index in [4.69, 9.17) is 0 Å². The van der Waals surface area contributed by atoms with Crippen LogP contribution in [-0.4, -0.2) is 0 Å². The maximum atomic E-state index is 2.42. The standard InChI is InChI=1S/C24H16/c1-3-11-19-17(9-1)21-13-5-7-15-23(19,21)24-16-8-6-14-22(24)18-10-2-4-12-20(18)24/h1-16H. The highest BCUT2D eigenvalue weighted by Crippen LogP contribution is 2.74. The van der Waals surface area contributed by atoms with Gasteiger partial charge in [-0.15, -0.1) is 0 Å². The highest BCUT2D eigenvalue weighted by molar-refractivity contribution is 5.82. The van der Waals surface area contributed by atoms with Gasteiger partial charge < -0.3 is 0 Å². The third-order valence-corrected chi connectivity index (χ3v) is 6.20. The Morgan fingerprint density at radius 1 is 0.500 bits per heavy atom. The van der Waals surface area contributed by atoms with Crippen molar-refractivity contribution in [3.8, 4) is 0 Å². The van der Waals surface area contributed by atoms with Crippen molar-refractivity contribution < 1.29 is 0 Å². The monoisotopic (exact) mass is 304 g/mol. The molecule has 0 aromatic heterocycles. The average Bonchev–Trinajstić information content (AvgIpc) is 2.64. The van der Waals surface area contributed by atoms with Crippen LogP contribution in [-0.2, 0) is 10.8 Å². The van der Waals surface area contributed by atoms with Gasteiger partial charge in [0.2, 0.25) is 0 Å². The summed E-state index contributed by atoms with van der Waals surface area (Å²) in [6.07, 6.45) is 18.2. The summed E-state index contributed by atoms with van der Waals surface area (Å²) < 4.78 is 0. The van der Waals surface area contributed by atoms with Crippen LogP contribution in [0.15, 0.2) is 48.5 Å². The fourth-order valence-electron chi connectivity index (χ4n) is 5.33. The molecule has 0 heterocycles. The fourth-order valence-corrected chi connectivity index (χ4v) is 5.33. The van der Waals surface area contributed by atoms with Gasteiger partial charge >= 0.3 is 0 Å². The first-order valence-electron chi connectivity index (χ1n) is 8.56. The summed E-state index contributed by atoms with van der Waals surface area (Å²) in [6, 6.07) is 17.8. The lowest BCUT2D eigenvalue weighted by Crippen LogP contribution is -2.68. The zero-order valence-corrected chi connectivity index (χ0v) is 13.2. The van der Waals surface area contributed by atoms with Gasteiger partial charge in [-0.25, -0.2) is 0 Å².